The third-order valence-electron chi connectivity index (χ3n) is 2.16. The maximum Gasteiger partial charge on any atom is 0.383 e. The molecule has 1 aromatic rings. The first-order valence-electron chi connectivity index (χ1n) is 4.25. The smallest absolute Gasteiger partial charge is 0.383 e. The number of ketones is 1. The maximum absolute atomic E-state index is 11.3. The SMILES string of the molecule is COC1C(=O)C(=O)Oc2cc(O)ccc21. The number of carbonyl (C=O) groups is 2. The lowest BCUT2D eigenvalue weighted by molar-refractivity contribution is -0.154. The molecule has 1 atom stereocenters. The average Bonchev–Trinajstić information content (AvgIpc) is 2.20. The highest BCUT2D eigenvalue weighted by atomic mass is 16.6. The van der Waals surface area contributed by atoms with Crippen molar-refractivity contribution in [1.29, 1.82) is 0 Å². The van der Waals surface area contributed by atoms with Gasteiger partial charge >= 0.3 is 5.97 Å². The Bertz CT molecular complexity index is 437. The molecule has 0 radical (unpaired) electrons. The average molecular weight is 208 g/mol. The minimum atomic E-state index is -0.972. The lowest BCUT2D eigenvalue weighted by Gasteiger charge is -2.21. The van der Waals surface area contributed by atoms with E-state index in [1.54, 1.807) is 0 Å². The quantitative estimate of drug-likeness (QED) is 0.415. The second-order valence-electron chi connectivity index (χ2n) is 3.09. The molecule has 0 saturated heterocycles. The van der Waals surface area contributed by atoms with Crippen molar-refractivity contribution in [2.45, 2.75) is 6.10 Å². The van der Waals surface area contributed by atoms with E-state index in [1.807, 2.05) is 0 Å². The number of ether oxygens (including phenoxy) is 2. The Morgan fingerprint density at radius 3 is 2.80 bits per heavy atom. The number of esters is 1. The van der Waals surface area contributed by atoms with Crippen LogP contribution in [0, 0.1) is 0 Å². The zero-order valence-corrected chi connectivity index (χ0v) is 7.89. The number of Topliss-reactive ketones (excluding diaryl/α,β-unsaturated/α-hetero) is 1. The summed E-state index contributed by atoms with van der Waals surface area (Å²) in [5.41, 5.74) is 0.444. The molecule has 1 aliphatic rings. The third kappa shape index (κ3) is 1.46. The van der Waals surface area contributed by atoms with Crippen LogP contribution in [-0.2, 0) is 14.3 Å². The number of hydrogen-bond donors (Lipinski definition) is 1. The normalized spacial score (nSPS) is 19.7. The fraction of sp³-hybridized carbons (Fsp3) is 0.200. The van der Waals surface area contributed by atoms with Gasteiger partial charge < -0.3 is 14.6 Å². The molecule has 78 valence electrons. The van der Waals surface area contributed by atoms with Gasteiger partial charge in [-0.05, 0) is 12.1 Å². The van der Waals surface area contributed by atoms with Crippen molar-refractivity contribution < 1.29 is 24.2 Å². The second kappa shape index (κ2) is 3.36. The molecule has 1 heterocycles. The molecular weight excluding hydrogens is 200 g/mol. The Kier molecular flexibility index (Phi) is 2.17. The minimum Gasteiger partial charge on any atom is -0.508 e. The van der Waals surface area contributed by atoms with Crippen LogP contribution in [0.3, 0.4) is 0 Å². The molecule has 0 saturated carbocycles. The Morgan fingerprint density at radius 2 is 2.13 bits per heavy atom. The van der Waals surface area contributed by atoms with Gasteiger partial charge in [0.1, 0.15) is 11.5 Å². The number of fused-ring (bicyclic) bond motifs is 1. The standard InChI is InChI=1S/C10H8O5/c1-14-9-6-3-2-5(11)4-7(6)15-10(13)8(9)12/h2-4,9,11H,1H3. The summed E-state index contributed by atoms with van der Waals surface area (Å²) in [5, 5.41) is 9.18. The predicted octanol–water partition coefficient (Wildman–Crippen LogP) is 0.568. The van der Waals surface area contributed by atoms with Crippen LogP contribution in [0.25, 0.3) is 0 Å². The van der Waals surface area contributed by atoms with Gasteiger partial charge in [0.15, 0.2) is 6.10 Å². The van der Waals surface area contributed by atoms with Crippen molar-refractivity contribution >= 4 is 11.8 Å². The van der Waals surface area contributed by atoms with E-state index in [0.29, 0.717) is 5.56 Å². The molecule has 0 spiro atoms. The largest absolute Gasteiger partial charge is 0.508 e. The lowest BCUT2D eigenvalue weighted by Crippen LogP contribution is -2.32. The van der Waals surface area contributed by atoms with E-state index >= 15 is 0 Å². The van der Waals surface area contributed by atoms with Gasteiger partial charge in [-0.3, -0.25) is 4.79 Å². The molecule has 0 aromatic heterocycles. The van der Waals surface area contributed by atoms with E-state index in [0.717, 1.165) is 0 Å². The van der Waals surface area contributed by atoms with Gasteiger partial charge in [-0.1, -0.05) is 0 Å². The van der Waals surface area contributed by atoms with E-state index in [1.165, 1.54) is 25.3 Å². The molecule has 1 aromatic carbocycles. The summed E-state index contributed by atoms with van der Waals surface area (Å²) in [5.74, 6) is -1.59. The first kappa shape index (κ1) is 9.67. The van der Waals surface area contributed by atoms with Crippen LogP contribution in [0.2, 0.25) is 0 Å². The molecule has 0 fully saturated rings. The fourth-order valence-corrected chi connectivity index (χ4v) is 1.46. The Morgan fingerprint density at radius 1 is 1.40 bits per heavy atom. The van der Waals surface area contributed by atoms with E-state index in [-0.39, 0.29) is 11.5 Å². The Labute approximate surface area is 85.2 Å². The van der Waals surface area contributed by atoms with Crippen LogP contribution < -0.4 is 4.74 Å². The zero-order valence-electron chi connectivity index (χ0n) is 7.89. The molecule has 0 aliphatic carbocycles. The number of carbonyl (C=O) groups excluding carboxylic acids is 2. The van der Waals surface area contributed by atoms with Crippen LogP contribution in [0.4, 0.5) is 0 Å². The molecule has 1 aliphatic heterocycles. The van der Waals surface area contributed by atoms with Gasteiger partial charge in [-0.15, -0.1) is 0 Å². The van der Waals surface area contributed by atoms with Crippen molar-refractivity contribution in [3.8, 4) is 11.5 Å². The molecule has 1 N–H and O–H groups in total. The van der Waals surface area contributed by atoms with Crippen molar-refractivity contribution in [2.24, 2.45) is 0 Å². The zero-order chi connectivity index (χ0) is 11.0. The molecule has 0 amide bonds. The minimum absolute atomic E-state index is 0.0363. The summed E-state index contributed by atoms with van der Waals surface area (Å²) in [6.07, 6.45) is -0.943. The number of phenols is 1. The maximum atomic E-state index is 11.3. The highest BCUT2D eigenvalue weighted by Gasteiger charge is 2.36. The van der Waals surface area contributed by atoms with Crippen LogP contribution in [0.5, 0.6) is 11.5 Å². The van der Waals surface area contributed by atoms with Crippen molar-refractivity contribution in [3.63, 3.8) is 0 Å². The van der Waals surface area contributed by atoms with Crippen LogP contribution in [0.15, 0.2) is 18.2 Å². The van der Waals surface area contributed by atoms with Crippen LogP contribution in [0.1, 0.15) is 11.7 Å². The molecule has 5 heteroatoms. The van der Waals surface area contributed by atoms with Gasteiger partial charge in [0.2, 0.25) is 0 Å². The third-order valence-corrected chi connectivity index (χ3v) is 2.16. The number of rotatable bonds is 1. The van der Waals surface area contributed by atoms with Gasteiger partial charge in [0, 0.05) is 18.7 Å². The van der Waals surface area contributed by atoms with E-state index in [2.05, 4.69) is 0 Å². The van der Waals surface area contributed by atoms with Crippen molar-refractivity contribution in [3.05, 3.63) is 23.8 Å². The first-order valence-corrected chi connectivity index (χ1v) is 4.25. The monoisotopic (exact) mass is 208 g/mol. The summed E-state index contributed by atoms with van der Waals surface area (Å²) < 4.78 is 9.64. The van der Waals surface area contributed by atoms with Gasteiger partial charge in [-0.2, -0.15) is 0 Å². The summed E-state index contributed by atoms with van der Waals surface area (Å²) in [7, 11) is 1.33. The van der Waals surface area contributed by atoms with E-state index in [9.17, 15) is 14.7 Å². The second-order valence-corrected chi connectivity index (χ2v) is 3.09. The lowest BCUT2D eigenvalue weighted by atomic mass is 10.0. The number of phenolic OH excluding ortho intramolecular Hbond substituents is 1. The van der Waals surface area contributed by atoms with E-state index in [4.69, 9.17) is 9.47 Å². The summed E-state index contributed by atoms with van der Waals surface area (Å²) in [4.78, 5) is 22.4. The number of methoxy groups -OCH3 is 1. The highest BCUT2D eigenvalue weighted by molar-refractivity contribution is 6.37. The molecule has 2 rings (SSSR count). The summed E-state index contributed by atoms with van der Waals surface area (Å²) in [6, 6.07) is 4.16. The number of benzene rings is 1. The molecular formula is C10H8O5. The Balaban J connectivity index is 2.54. The topological polar surface area (TPSA) is 72.8 Å². The predicted molar refractivity (Wildman–Crippen MR) is 48.5 cm³/mol. The number of hydrogen-bond acceptors (Lipinski definition) is 5. The van der Waals surface area contributed by atoms with Gasteiger partial charge in [-0.25, -0.2) is 4.79 Å². The van der Waals surface area contributed by atoms with Crippen molar-refractivity contribution in [2.75, 3.05) is 7.11 Å². The molecule has 0 bridgehead atoms. The molecule has 15 heavy (non-hydrogen) atoms. The van der Waals surface area contributed by atoms with Gasteiger partial charge in [0.25, 0.3) is 5.78 Å². The van der Waals surface area contributed by atoms with Crippen LogP contribution in [-0.4, -0.2) is 24.0 Å². The Hall–Kier alpha value is -1.88. The summed E-state index contributed by atoms with van der Waals surface area (Å²) in [6.45, 7) is 0. The first-order chi connectivity index (χ1) is 7.13. The summed E-state index contributed by atoms with van der Waals surface area (Å²) >= 11 is 0. The fourth-order valence-electron chi connectivity index (χ4n) is 1.46. The van der Waals surface area contributed by atoms with Crippen LogP contribution >= 0.6 is 0 Å². The molecule has 5 nitrogen and oxygen atoms in total. The van der Waals surface area contributed by atoms with Gasteiger partial charge in [0.05, 0.1) is 0 Å². The van der Waals surface area contributed by atoms with E-state index < -0.39 is 17.9 Å². The number of aromatic hydroxyl groups is 1. The molecule has 1 unspecified atom stereocenters. The van der Waals surface area contributed by atoms with Crippen molar-refractivity contribution in [1.82, 2.24) is 0 Å². The highest BCUT2D eigenvalue weighted by Crippen LogP contribution is 2.34.